The fraction of sp³-hybridized carbons (Fsp3) is 0.0588. The predicted molar refractivity (Wildman–Crippen MR) is 90.0 cm³/mol. The Kier molecular flexibility index (Phi) is 3.14. The van der Waals surface area contributed by atoms with Crippen molar-refractivity contribution >= 4 is 45.6 Å². The monoisotopic (exact) mass is 326 g/mol. The summed E-state index contributed by atoms with van der Waals surface area (Å²) < 4.78 is 1.06. The van der Waals surface area contributed by atoms with Crippen molar-refractivity contribution in [1.82, 2.24) is 9.97 Å². The second-order valence-corrected chi connectivity index (χ2v) is 5.79. The minimum absolute atomic E-state index is 0.917. The van der Waals surface area contributed by atoms with Crippen LogP contribution in [0.5, 0.6) is 0 Å². The number of benzene rings is 1. The summed E-state index contributed by atoms with van der Waals surface area (Å²) in [6.07, 6.45) is 3.99. The van der Waals surface area contributed by atoms with Crippen LogP contribution in [-0.2, 0) is 0 Å². The topological polar surface area (TPSA) is 31.6 Å². The molecule has 100 valence electrons. The molecular weight excluding hydrogens is 312 g/mol. The first-order chi connectivity index (χ1) is 9.58. The molecule has 0 radical (unpaired) electrons. The van der Waals surface area contributed by atoms with Gasteiger partial charge in [-0.15, -0.1) is 0 Å². The molecule has 0 bridgehead atoms. The van der Waals surface area contributed by atoms with E-state index in [1.54, 1.807) is 0 Å². The normalized spacial score (nSPS) is 12.2. The molecule has 0 aliphatic rings. The summed E-state index contributed by atoms with van der Waals surface area (Å²) in [7, 11) is 0. The van der Waals surface area contributed by atoms with Crippen LogP contribution in [0.15, 0.2) is 35.3 Å². The Labute approximate surface area is 125 Å². The van der Waals surface area contributed by atoms with E-state index in [4.69, 9.17) is 0 Å². The minimum Gasteiger partial charge on any atom is -0.359 e. The molecule has 0 amide bonds. The second-order valence-electron chi connectivity index (χ2n) is 4.88. The Morgan fingerprint density at radius 3 is 2.75 bits per heavy atom. The highest BCUT2D eigenvalue weighted by Crippen LogP contribution is 2.16. The zero-order valence-corrected chi connectivity index (χ0v) is 12.8. The first-order valence-electron chi connectivity index (χ1n) is 6.38. The standard InChI is InChI=1S/C17H15BrN2/c1-4-12-7-10(2)19-17(12)9-14-11(3)20-16-6-5-13(18)8-15(14)16/h4-9,19-20H,1,3H2,2H3/b14-9+. The van der Waals surface area contributed by atoms with Crippen LogP contribution in [0.1, 0.15) is 17.0 Å². The maximum Gasteiger partial charge on any atom is 0.0465 e. The van der Waals surface area contributed by atoms with Gasteiger partial charge in [-0.1, -0.05) is 35.2 Å². The third-order valence-electron chi connectivity index (χ3n) is 3.41. The maximum absolute atomic E-state index is 4.10. The van der Waals surface area contributed by atoms with Gasteiger partial charge >= 0.3 is 0 Å². The van der Waals surface area contributed by atoms with Crippen molar-refractivity contribution in [2.24, 2.45) is 0 Å². The van der Waals surface area contributed by atoms with Gasteiger partial charge in [-0.25, -0.2) is 0 Å². The number of halogens is 1. The van der Waals surface area contributed by atoms with Crippen LogP contribution in [-0.4, -0.2) is 9.97 Å². The molecule has 20 heavy (non-hydrogen) atoms. The van der Waals surface area contributed by atoms with E-state index >= 15 is 0 Å². The number of hydrogen-bond acceptors (Lipinski definition) is 0. The average Bonchev–Trinajstić information content (AvgIpc) is 2.91. The van der Waals surface area contributed by atoms with Gasteiger partial charge in [-0.2, -0.15) is 0 Å². The van der Waals surface area contributed by atoms with Crippen molar-refractivity contribution in [2.45, 2.75) is 6.92 Å². The number of hydrogen-bond donors (Lipinski definition) is 2. The molecule has 0 saturated carbocycles. The van der Waals surface area contributed by atoms with Crippen LogP contribution >= 0.6 is 15.9 Å². The van der Waals surface area contributed by atoms with Gasteiger partial charge in [-0.05, 0) is 42.8 Å². The average molecular weight is 327 g/mol. The number of H-pyrrole nitrogens is 2. The molecule has 0 fully saturated rings. The van der Waals surface area contributed by atoms with Crippen molar-refractivity contribution in [3.63, 3.8) is 0 Å². The Morgan fingerprint density at radius 2 is 2.00 bits per heavy atom. The molecule has 2 aromatic heterocycles. The third kappa shape index (κ3) is 2.14. The summed E-state index contributed by atoms with van der Waals surface area (Å²) >= 11 is 3.52. The summed E-state index contributed by atoms with van der Waals surface area (Å²) in [5, 5.41) is 3.18. The van der Waals surface area contributed by atoms with E-state index in [-0.39, 0.29) is 0 Å². The SMILES string of the molecule is C=Cc1cc(C)[nH]c1/C=c1\c(=C)[nH]c2ccc(Br)cc12. The fourth-order valence-corrected chi connectivity index (χ4v) is 2.83. The van der Waals surface area contributed by atoms with Crippen molar-refractivity contribution in [2.75, 3.05) is 0 Å². The predicted octanol–water partition coefficient (Wildman–Crippen LogP) is 3.45. The first-order valence-corrected chi connectivity index (χ1v) is 7.18. The van der Waals surface area contributed by atoms with Crippen LogP contribution in [0.3, 0.4) is 0 Å². The highest BCUT2D eigenvalue weighted by Gasteiger charge is 2.04. The van der Waals surface area contributed by atoms with Crippen LogP contribution in [0, 0.1) is 6.92 Å². The van der Waals surface area contributed by atoms with E-state index in [0.717, 1.165) is 42.9 Å². The smallest absolute Gasteiger partial charge is 0.0465 e. The molecule has 0 aliphatic carbocycles. The maximum atomic E-state index is 4.10. The largest absolute Gasteiger partial charge is 0.359 e. The molecule has 3 heteroatoms. The van der Waals surface area contributed by atoms with E-state index < -0.39 is 0 Å². The molecule has 0 spiro atoms. The highest BCUT2D eigenvalue weighted by atomic mass is 79.9. The summed E-state index contributed by atoms with van der Waals surface area (Å²) in [4.78, 5) is 6.68. The zero-order chi connectivity index (χ0) is 14.3. The molecule has 0 unspecified atom stereocenters. The molecule has 0 saturated heterocycles. The van der Waals surface area contributed by atoms with E-state index in [9.17, 15) is 0 Å². The number of nitrogens with one attached hydrogen (secondary N) is 2. The molecule has 2 heterocycles. The lowest BCUT2D eigenvalue weighted by molar-refractivity contribution is 1.24. The number of aryl methyl sites for hydroxylation is 1. The molecule has 1 aromatic carbocycles. The fourth-order valence-electron chi connectivity index (χ4n) is 2.47. The van der Waals surface area contributed by atoms with Gasteiger partial charge < -0.3 is 9.97 Å². The summed E-state index contributed by atoms with van der Waals surface area (Å²) in [6, 6.07) is 8.28. The van der Waals surface area contributed by atoms with Crippen molar-refractivity contribution in [3.05, 3.63) is 62.8 Å². The lowest BCUT2D eigenvalue weighted by Crippen LogP contribution is -2.20. The van der Waals surface area contributed by atoms with E-state index in [1.807, 2.05) is 19.1 Å². The van der Waals surface area contributed by atoms with Gasteiger partial charge in [0, 0.05) is 37.3 Å². The second kappa shape index (κ2) is 4.84. The van der Waals surface area contributed by atoms with Crippen LogP contribution in [0.25, 0.3) is 29.6 Å². The number of fused-ring (bicyclic) bond motifs is 1. The van der Waals surface area contributed by atoms with Crippen LogP contribution in [0.2, 0.25) is 0 Å². The number of aromatic nitrogens is 2. The molecule has 0 aliphatic heterocycles. The van der Waals surface area contributed by atoms with Crippen LogP contribution in [0.4, 0.5) is 0 Å². The van der Waals surface area contributed by atoms with Crippen molar-refractivity contribution < 1.29 is 0 Å². The molecule has 2 N–H and O–H groups in total. The summed E-state index contributed by atoms with van der Waals surface area (Å²) in [5.74, 6) is 0. The Bertz CT molecular complexity index is 913. The zero-order valence-electron chi connectivity index (χ0n) is 11.3. The van der Waals surface area contributed by atoms with Gasteiger partial charge in [0.15, 0.2) is 0 Å². The molecule has 3 rings (SSSR count). The molecule has 3 aromatic rings. The highest BCUT2D eigenvalue weighted by molar-refractivity contribution is 9.10. The number of rotatable bonds is 2. The Balaban J connectivity index is 2.35. The van der Waals surface area contributed by atoms with Gasteiger partial charge in [0.1, 0.15) is 0 Å². The van der Waals surface area contributed by atoms with E-state index in [2.05, 4.69) is 63.3 Å². The molecule has 0 atom stereocenters. The van der Waals surface area contributed by atoms with Gasteiger partial charge in [0.25, 0.3) is 0 Å². The number of aromatic amines is 2. The summed E-state index contributed by atoms with van der Waals surface area (Å²) in [5.41, 5.74) is 4.38. The molecular formula is C17H15BrN2. The van der Waals surface area contributed by atoms with Gasteiger partial charge in [0.05, 0.1) is 0 Å². The first kappa shape index (κ1) is 13.0. The van der Waals surface area contributed by atoms with E-state index in [1.165, 1.54) is 0 Å². The minimum atomic E-state index is 0.917. The van der Waals surface area contributed by atoms with Crippen molar-refractivity contribution in [1.29, 1.82) is 0 Å². The van der Waals surface area contributed by atoms with Crippen LogP contribution < -0.4 is 10.6 Å². The van der Waals surface area contributed by atoms with Gasteiger partial charge in [-0.3, -0.25) is 0 Å². The Morgan fingerprint density at radius 1 is 1.20 bits per heavy atom. The lowest BCUT2D eigenvalue weighted by Gasteiger charge is -1.93. The quantitative estimate of drug-likeness (QED) is 0.723. The molecule has 2 nitrogen and oxygen atoms in total. The summed E-state index contributed by atoms with van der Waals surface area (Å²) in [6.45, 7) is 10.0. The third-order valence-corrected chi connectivity index (χ3v) is 3.90. The lowest BCUT2D eigenvalue weighted by atomic mass is 10.1. The van der Waals surface area contributed by atoms with Crippen molar-refractivity contribution in [3.8, 4) is 0 Å². The van der Waals surface area contributed by atoms with Gasteiger partial charge in [0.2, 0.25) is 0 Å². The van der Waals surface area contributed by atoms with E-state index in [0.29, 0.717) is 0 Å². The Hall–Kier alpha value is -2.00.